The zero-order valence-electron chi connectivity index (χ0n) is 12.5. The molecule has 124 valence electrons. The van der Waals surface area contributed by atoms with E-state index in [1.165, 1.54) is 0 Å². The Kier molecular flexibility index (Phi) is 5.86. The zero-order valence-corrected chi connectivity index (χ0v) is 13.3. The summed E-state index contributed by atoms with van der Waals surface area (Å²) in [5.41, 5.74) is 5.30. The van der Waals surface area contributed by atoms with Crippen molar-refractivity contribution in [2.75, 3.05) is 5.75 Å². The van der Waals surface area contributed by atoms with Gasteiger partial charge in [-0.3, -0.25) is 18.6 Å². The van der Waals surface area contributed by atoms with E-state index in [-0.39, 0.29) is 24.5 Å². The van der Waals surface area contributed by atoms with Crippen LogP contribution in [0.15, 0.2) is 35.2 Å². The lowest BCUT2D eigenvalue weighted by atomic mass is 10.1. The standard InChI is InChI=1S/C15H19N3O4S/c16-14(20)11(18-15(21)12-6-7-13(19)17-12)8-9-23(22)10-4-2-1-3-5-10/h1-5,11-12H,6-9H2,(H2,16,20)(H,17,19)(H,18,21)/t11-,12+,23-/m0/s1. The molecule has 1 saturated heterocycles. The Hall–Kier alpha value is -2.22. The highest BCUT2D eigenvalue weighted by atomic mass is 32.2. The second-order valence-electron chi connectivity index (χ2n) is 5.27. The van der Waals surface area contributed by atoms with E-state index in [0.29, 0.717) is 11.3 Å². The molecule has 2 rings (SSSR count). The zero-order chi connectivity index (χ0) is 16.8. The molecule has 0 aromatic heterocycles. The number of nitrogens with two attached hydrogens (primary N) is 1. The molecule has 0 spiro atoms. The predicted molar refractivity (Wildman–Crippen MR) is 84.6 cm³/mol. The number of amides is 3. The third kappa shape index (κ3) is 4.88. The van der Waals surface area contributed by atoms with Crippen molar-refractivity contribution in [1.82, 2.24) is 10.6 Å². The molecule has 1 aliphatic heterocycles. The molecule has 1 heterocycles. The van der Waals surface area contributed by atoms with E-state index in [0.717, 1.165) is 0 Å². The summed E-state index contributed by atoms with van der Waals surface area (Å²) in [7, 11) is -1.27. The van der Waals surface area contributed by atoms with Crippen molar-refractivity contribution >= 4 is 28.5 Å². The van der Waals surface area contributed by atoms with Crippen molar-refractivity contribution in [1.29, 1.82) is 0 Å². The fraction of sp³-hybridized carbons (Fsp3) is 0.400. The van der Waals surface area contributed by atoms with E-state index in [2.05, 4.69) is 10.6 Å². The summed E-state index contributed by atoms with van der Waals surface area (Å²) >= 11 is 0. The molecule has 0 bridgehead atoms. The van der Waals surface area contributed by atoms with Crippen LogP contribution in [0.5, 0.6) is 0 Å². The number of carbonyl (C=O) groups is 3. The van der Waals surface area contributed by atoms with Crippen molar-refractivity contribution in [2.24, 2.45) is 5.73 Å². The van der Waals surface area contributed by atoms with E-state index in [9.17, 15) is 18.6 Å². The van der Waals surface area contributed by atoms with Gasteiger partial charge in [-0.25, -0.2) is 0 Å². The predicted octanol–water partition coefficient (Wildman–Crippen LogP) is -0.567. The number of carbonyl (C=O) groups excluding carboxylic acids is 3. The Morgan fingerprint density at radius 1 is 1.35 bits per heavy atom. The summed E-state index contributed by atoms with van der Waals surface area (Å²) in [6, 6.07) is 7.32. The smallest absolute Gasteiger partial charge is 0.243 e. The first-order valence-electron chi connectivity index (χ1n) is 7.30. The average molecular weight is 337 g/mol. The summed E-state index contributed by atoms with van der Waals surface area (Å²) in [5.74, 6) is -1.11. The van der Waals surface area contributed by atoms with Gasteiger partial charge < -0.3 is 16.4 Å². The Labute approximate surface area is 136 Å². The van der Waals surface area contributed by atoms with Gasteiger partial charge in [0, 0.05) is 17.1 Å². The maximum atomic E-state index is 12.1. The van der Waals surface area contributed by atoms with Gasteiger partial charge in [-0.15, -0.1) is 0 Å². The van der Waals surface area contributed by atoms with Gasteiger partial charge in [0.2, 0.25) is 17.7 Å². The molecule has 1 fully saturated rings. The van der Waals surface area contributed by atoms with Gasteiger partial charge in [-0.2, -0.15) is 0 Å². The van der Waals surface area contributed by atoms with Crippen LogP contribution in [-0.4, -0.2) is 39.8 Å². The van der Waals surface area contributed by atoms with Gasteiger partial charge in [0.15, 0.2) is 0 Å². The molecule has 0 unspecified atom stereocenters. The first-order chi connectivity index (χ1) is 11.0. The molecular weight excluding hydrogens is 318 g/mol. The van der Waals surface area contributed by atoms with E-state index in [1.54, 1.807) is 24.3 Å². The fourth-order valence-electron chi connectivity index (χ4n) is 2.28. The van der Waals surface area contributed by atoms with Crippen molar-refractivity contribution < 1.29 is 18.6 Å². The summed E-state index contributed by atoms with van der Waals surface area (Å²) < 4.78 is 12.1. The van der Waals surface area contributed by atoms with Crippen LogP contribution >= 0.6 is 0 Å². The third-order valence-electron chi connectivity index (χ3n) is 3.57. The lowest BCUT2D eigenvalue weighted by Gasteiger charge is -2.18. The van der Waals surface area contributed by atoms with Crippen LogP contribution in [0.2, 0.25) is 0 Å². The summed E-state index contributed by atoms with van der Waals surface area (Å²) in [6.45, 7) is 0. The van der Waals surface area contributed by atoms with Gasteiger partial charge in [-0.05, 0) is 25.0 Å². The molecule has 8 heteroatoms. The van der Waals surface area contributed by atoms with Crippen molar-refractivity contribution in [2.45, 2.75) is 36.2 Å². The van der Waals surface area contributed by atoms with Gasteiger partial charge in [0.05, 0.1) is 10.8 Å². The van der Waals surface area contributed by atoms with Crippen molar-refractivity contribution in [3.63, 3.8) is 0 Å². The largest absolute Gasteiger partial charge is 0.368 e. The van der Waals surface area contributed by atoms with Crippen molar-refractivity contribution in [3.05, 3.63) is 30.3 Å². The molecule has 0 aliphatic carbocycles. The van der Waals surface area contributed by atoms with Gasteiger partial charge in [0.1, 0.15) is 12.1 Å². The van der Waals surface area contributed by atoms with Crippen LogP contribution in [0.25, 0.3) is 0 Å². The van der Waals surface area contributed by atoms with Crippen molar-refractivity contribution in [3.8, 4) is 0 Å². The van der Waals surface area contributed by atoms with Gasteiger partial charge in [-0.1, -0.05) is 18.2 Å². The minimum atomic E-state index is -1.27. The third-order valence-corrected chi connectivity index (χ3v) is 4.97. The molecule has 0 radical (unpaired) electrons. The molecule has 0 saturated carbocycles. The molecular formula is C15H19N3O4S. The lowest BCUT2D eigenvalue weighted by Crippen LogP contribution is -2.51. The second-order valence-corrected chi connectivity index (χ2v) is 6.84. The fourth-order valence-corrected chi connectivity index (χ4v) is 3.43. The summed E-state index contributed by atoms with van der Waals surface area (Å²) in [6.07, 6.45) is 0.854. The molecule has 7 nitrogen and oxygen atoms in total. The summed E-state index contributed by atoms with van der Waals surface area (Å²) in [5, 5.41) is 5.05. The average Bonchev–Trinajstić information content (AvgIpc) is 2.98. The van der Waals surface area contributed by atoms with Crippen LogP contribution in [0.4, 0.5) is 0 Å². The Bertz CT molecular complexity index is 620. The first-order valence-corrected chi connectivity index (χ1v) is 8.61. The molecule has 1 aromatic rings. The van der Waals surface area contributed by atoms with Crippen LogP contribution in [0.3, 0.4) is 0 Å². The topological polar surface area (TPSA) is 118 Å². The number of rotatable bonds is 7. The number of benzene rings is 1. The van der Waals surface area contributed by atoms with E-state index in [1.807, 2.05) is 6.07 Å². The maximum absolute atomic E-state index is 12.1. The molecule has 3 atom stereocenters. The van der Waals surface area contributed by atoms with E-state index >= 15 is 0 Å². The summed E-state index contributed by atoms with van der Waals surface area (Å²) in [4.78, 5) is 35.3. The molecule has 23 heavy (non-hydrogen) atoms. The minimum Gasteiger partial charge on any atom is -0.368 e. The monoisotopic (exact) mass is 337 g/mol. The SMILES string of the molecule is NC(=O)[C@H](CC[S@](=O)c1ccccc1)NC(=O)[C@H]1CCC(=O)N1. The maximum Gasteiger partial charge on any atom is 0.243 e. The Morgan fingerprint density at radius 2 is 2.04 bits per heavy atom. The quantitative estimate of drug-likeness (QED) is 0.617. The molecule has 1 aromatic carbocycles. The van der Waals surface area contributed by atoms with Crippen LogP contribution in [0, 0.1) is 0 Å². The van der Waals surface area contributed by atoms with Crippen LogP contribution < -0.4 is 16.4 Å². The second kappa shape index (κ2) is 7.87. The lowest BCUT2D eigenvalue weighted by molar-refractivity contribution is -0.129. The number of hydrogen-bond donors (Lipinski definition) is 3. The normalized spacial score (nSPS) is 19.7. The van der Waals surface area contributed by atoms with Crippen LogP contribution in [0.1, 0.15) is 19.3 Å². The highest BCUT2D eigenvalue weighted by molar-refractivity contribution is 7.85. The van der Waals surface area contributed by atoms with Gasteiger partial charge >= 0.3 is 0 Å². The van der Waals surface area contributed by atoms with Gasteiger partial charge in [0.25, 0.3) is 0 Å². The minimum absolute atomic E-state index is 0.170. The molecule has 4 N–H and O–H groups in total. The number of primary amides is 1. The van der Waals surface area contributed by atoms with E-state index in [4.69, 9.17) is 5.73 Å². The highest BCUT2D eigenvalue weighted by Crippen LogP contribution is 2.09. The number of nitrogens with one attached hydrogen (secondary N) is 2. The Balaban J connectivity index is 1.89. The molecule has 3 amide bonds. The highest BCUT2D eigenvalue weighted by Gasteiger charge is 2.29. The number of hydrogen-bond acceptors (Lipinski definition) is 4. The first kappa shape index (κ1) is 17.1. The van der Waals surface area contributed by atoms with Crippen LogP contribution in [-0.2, 0) is 25.2 Å². The molecule has 1 aliphatic rings. The Morgan fingerprint density at radius 3 is 2.61 bits per heavy atom. The van der Waals surface area contributed by atoms with E-state index < -0.39 is 34.7 Å².